The standard InChI is InChI=1S/C19H21NO/c1-20-12-6-11-16-15-8-3-2-7-14(15)13-19(21)18-10-5-4-9-17(16)18/h2-5,7-11,19-21H,6,12-13H2,1H3/b16-11+/t19-/m0/s1. The zero-order valence-electron chi connectivity index (χ0n) is 12.3. The second kappa shape index (κ2) is 6.25. The summed E-state index contributed by atoms with van der Waals surface area (Å²) < 4.78 is 0. The predicted octanol–water partition coefficient (Wildman–Crippen LogP) is 3.32. The van der Waals surface area contributed by atoms with Gasteiger partial charge in [-0.1, -0.05) is 54.6 Å². The molecule has 0 saturated heterocycles. The molecule has 0 fully saturated rings. The van der Waals surface area contributed by atoms with Gasteiger partial charge in [-0.15, -0.1) is 0 Å². The molecule has 0 unspecified atom stereocenters. The molecule has 2 aromatic carbocycles. The van der Waals surface area contributed by atoms with Crippen molar-refractivity contribution in [3.05, 3.63) is 76.9 Å². The lowest BCUT2D eigenvalue weighted by atomic mass is 9.93. The highest BCUT2D eigenvalue weighted by atomic mass is 16.3. The summed E-state index contributed by atoms with van der Waals surface area (Å²) in [6, 6.07) is 16.6. The molecular weight excluding hydrogens is 258 g/mol. The first kappa shape index (κ1) is 14.1. The predicted molar refractivity (Wildman–Crippen MR) is 87.2 cm³/mol. The molecule has 3 rings (SSSR count). The van der Waals surface area contributed by atoms with Crippen LogP contribution in [0.3, 0.4) is 0 Å². The quantitative estimate of drug-likeness (QED) is 0.845. The van der Waals surface area contributed by atoms with E-state index in [9.17, 15) is 5.11 Å². The third-order valence-corrected chi connectivity index (χ3v) is 4.07. The summed E-state index contributed by atoms with van der Waals surface area (Å²) in [7, 11) is 1.97. The molecule has 21 heavy (non-hydrogen) atoms. The van der Waals surface area contributed by atoms with E-state index in [2.05, 4.69) is 35.7 Å². The fraction of sp³-hybridized carbons (Fsp3) is 0.263. The third-order valence-electron chi connectivity index (χ3n) is 4.07. The van der Waals surface area contributed by atoms with Gasteiger partial charge in [-0.25, -0.2) is 0 Å². The minimum absolute atomic E-state index is 0.433. The molecular formula is C19H21NO. The maximum absolute atomic E-state index is 10.5. The van der Waals surface area contributed by atoms with Gasteiger partial charge >= 0.3 is 0 Å². The molecule has 2 heteroatoms. The van der Waals surface area contributed by atoms with E-state index in [-0.39, 0.29) is 0 Å². The summed E-state index contributed by atoms with van der Waals surface area (Å²) in [5, 5.41) is 13.7. The smallest absolute Gasteiger partial charge is 0.0836 e. The first-order chi connectivity index (χ1) is 10.3. The van der Waals surface area contributed by atoms with Crippen LogP contribution in [-0.2, 0) is 6.42 Å². The molecule has 1 atom stereocenters. The van der Waals surface area contributed by atoms with Crippen LogP contribution in [0.1, 0.15) is 34.8 Å². The summed E-state index contributed by atoms with van der Waals surface area (Å²) in [6.45, 7) is 0.955. The Bertz CT molecular complexity index is 660. The molecule has 0 heterocycles. The van der Waals surface area contributed by atoms with E-state index in [1.54, 1.807) is 0 Å². The topological polar surface area (TPSA) is 32.3 Å². The number of benzene rings is 2. The van der Waals surface area contributed by atoms with E-state index in [0.29, 0.717) is 6.42 Å². The number of fused-ring (bicyclic) bond motifs is 2. The molecule has 0 amide bonds. The van der Waals surface area contributed by atoms with Crippen LogP contribution in [0.25, 0.3) is 5.57 Å². The Hall–Kier alpha value is -1.90. The fourth-order valence-electron chi connectivity index (χ4n) is 3.04. The van der Waals surface area contributed by atoms with Gasteiger partial charge < -0.3 is 10.4 Å². The van der Waals surface area contributed by atoms with Gasteiger partial charge in [0, 0.05) is 6.42 Å². The molecule has 1 aliphatic rings. The first-order valence-corrected chi connectivity index (χ1v) is 7.51. The van der Waals surface area contributed by atoms with Gasteiger partial charge in [0.25, 0.3) is 0 Å². The molecule has 108 valence electrons. The van der Waals surface area contributed by atoms with Crippen molar-refractivity contribution in [2.24, 2.45) is 0 Å². The Kier molecular flexibility index (Phi) is 4.18. The van der Waals surface area contributed by atoms with Crippen LogP contribution in [0.15, 0.2) is 54.6 Å². The van der Waals surface area contributed by atoms with Gasteiger partial charge in [-0.05, 0) is 47.8 Å². The van der Waals surface area contributed by atoms with Gasteiger partial charge in [0.1, 0.15) is 0 Å². The van der Waals surface area contributed by atoms with Crippen LogP contribution < -0.4 is 5.32 Å². The minimum Gasteiger partial charge on any atom is -0.388 e. The zero-order chi connectivity index (χ0) is 14.7. The first-order valence-electron chi connectivity index (χ1n) is 7.51. The van der Waals surface area contributed by atoms with E-state index in [4.69, 9.17) is 0 Å². The van der Waals surface area contributed by atoms with Crippen molar-refractivity contribution in [1.82, 2.24) is 5.32 Å². The van der Waals surface area contributed by atoms with Crippen molar-refractivity contribution < 1.29 is 5.11 Å². The zero-order valence-corrected chi connectivity index (χ0v) is 12.3. The lowest BCUT2D eigenvalue weighted by Crippen LogP contribution is -2.06. The number of aliphatic hydroxyl groups is 1. The second-order valence-corrected chi connectivity index (χ2v) is 5.47. The summed E-state index contributed by atoms with van der Waals surface area (Å²) >= 11 is 0. The largest absolute Gasteiger partial charge is 0.388 e. The molecule has 2 aromatic rings. The molecule has 0 saturated carbocycles. The van der Waals surface area contributed by atoms with E-state index in [1.807, 2.05) is 31.3 Å². The van der Waals surface area contributed by atoms with Crippen molar-refractivity contribution in [2.45, 2.75) is 18.9 Å². The minimum atomic E-state index is -0.433. The number of rotatable bonds is 3. The van der Waals surface area contributed by atoms with Crippen molar-refractivity contribution in [2.75, 3.05) is 13.6 Å². The monoisotopic (exact) mass is 279 g/mol. The van der Waals surface area contributed by atoms with E-state index < -0.39 is 6.10 Å². The lowest BCUT2D eigenvalue weighted by molar-refractivity contribution is 0.179. The molecule has 0 aromatic heterocycles. The van der Waals surface area contributed by atoms with E-state index >= 15 is 0 Å². The van der Waals surface area contributed by atoms with Gasteiger partial charge in [0.15, 0.2) is 0 Å². The van der Waals surface area contributed by atoms with Crippen molar-refractivity contribution in [3.63, 3.8) is 0 Å². The van der Waals surface area contributed by atoms with E-state index in [0.717, 1.165) is 24.1 Å². The highest BCUT2D eigenvalue weighted by Crippen LogP contribution is 2.37. The van der Waals surface area contributed by atoms with Crippen molar-refractivity contribution in [3.8, 4) is 0 Å². The Morgan fingerprint density at radius 3 is 2.62 bits per heavy atom. The Balaban J connectivity index is 2.16. The Morgan fingerprint density at radius 2 is 1.81 bits per heavy atom. The normalized spacial score (nSPS) is 19.0. The summed E-state index contributed by atoms with van der Waals surface area (Å²) in [5.41, 5.74) is 5.90. The molecule has 0 aliphatic heterocycles. The molecule has 2 N–H and O–H groups in total. The van der Waals surface area contributed by atoms with Crippen LogP contribution in [0.2, 0.25) is 0 Å². The highest BCUT2D eigenvalue weighted by Gasteiger charge is 2.22. The number of hydrogen-bond donors (Lipinski definition) is 2. The maximum Gasteiger partial charge on any atom is 0.0836 e. The number of hydrogen-bond acceptors (Lipinski definition) is 2. The van der Waals surface area contributed by atoms with Crippen LogP contribution in [0.4, 0.5) is 0 Å². The number of aliphatic hydroxyl groups excluding tert-OH is 1. The highest BCUT2D eigenvalue weighted by molar-refractivity contribution is 5.84. The van der Waals surface area contributed by atoms with Gasteiger partial charge in [0.05, 0.1) is 6.10 Å². The van der Waals surface area contributed by atoms with Crippen LogP contribution in [-0.4, -0.2) is 18.7 Å². The Labute approximate surface area is 126 Å². The summed E-state index contributed by atoms with van der Waals surface area (Å²) in [5.74, 6) is 0. The maximum atomic E-state index is 10.5. The average molecular weight is 279 g/mol. The van der Waals surface area contributed by atoms with E-state index in [1.165, 1.54) is 16.7 Å². The molecule has 1 aliphatic carbocycles. The van der Waals surface area contributed by atoms with Crippen LogP contribution >= 0.6 is 0 Å². The SMILES string of the molecule is CNCC/C=C1\c2ccccc2C[C@H](O)c2ccccc21. The average Bonchev–Trinajstić information content (AvgIpc) is 2.63. The van der Waals surface area contributed by atoms with Crippen molar-refractivity contribution >= 4 is 5.57 Å². The second-order valence-electron chi connectivity index (χ2n) is 5.47. The van der Waals surface area contributed by atoms with Crippen LogP contribution in [0, 0.1) is 0 Å². The molecule has 2 nitrogen and oxygen atoms in total. The fourth-order valence-corrected chi connectivity index (χ4v) is 3.04. The summed E-state index contributed by atoms with van der Waals surface area (Å²) in [4.78, 5) is 0. The van der Waals surface area contributed by atoms with Crippen molar-refractivity contribution in [1.29, 1.82) is 0 Å². The van der Waals surface area contributed by atoms with Gasteiger partial charge in [0.2, 0.25) is 0 Å². The molecule has 0 spiro atoms. The summed E-state index contributed by atoms with van der Waals surface area (Å²) in [6.07, 6.45) is 3.51. The lowest BCUT2D eigenvalue weighted by Gasteiger charge is -2.13. The van der Waals surface area contributed by atoms with Gasteiger partial charge in [-0.3, -0.25) is 0 Å². The number of nitrogens with one attached hydrogen (secondary N) is 1. The molecule has 0 bridgehead atoms. The van der Waals surface area contributed by atoms with Crippen LogP contribution in [0.5, 0.6) is 0 Å². The van der Waals surface area contributed by atoms with Gasteiger partial charge in [-0.2, -0.15) is 0 Å². The molecule has 0 radical (unpaired) electrons. The third kappa shape index (κ3) is 2.78. The Morgan fingerprint density at radius 1 is 1.10 bits per heavy atom.